The van der Waals surface area contributed by atoms with Crippen molar-refractivity contribution in [1.82, 2.24) is 9.71 Å². The molecule has 0 bridgehead atoms. The van der Waals surface area contributed by atoms with Crippen LogP contribution in [0.1, 0.15) is 11.3 Å². The SMILES string of the molecule is Cc1[nH]c2ccc(OC(F)(F)Cl)cc2c1CCNS(=O)(=O)c1ccc2c(c1)OCCO2. The predicted molar refractivity (Wildman–Crippen MR) is 111 cm³/mol. The molecule has 31 heavy (non-hydrogen) atoms. The van der Waals surface area contributed by atoms with Crippen LogP contribution in [0.3, 0.4) is 0 Å². The van der Waals surface area contributed by atoms with Crippen LogP contribution in [-0.4, -0.2) is 38.7 Å². The number of nitrogens with one attached hydrogen (secondary N) is 2. The van der Waals surface area contributed by atoms with Crippen molar-refractivity contribution in [2.75, 3.05) is 19.8 Å². The maximum atomic E-state index is 13.0. The van der Waals surface area contributed by atoms with Gasteiger partial charge in [-0.3, -0.25) is 0 Å². The molecule has 11 heteroatoms. The van der Waals surface area contributed by atoms with Crippen LogP contribution in [0.2, 0.25) is 0 Å². The molecular formula is C20H19ClF2N2O5S. The summed E-state index contributed by atoms with van der Waals surface area (Å²) >= 11 is 4.84. The molecule has 0 saturated carbocycles. The van der Waals surface area contributed by atoms with E-state index in [0.29, 0.717) is 42.0 Å². The summed E-state index contributed by atoms with van der Waals surface area (Å²) in [5.41, 5.74) is -1.53. The van der Waals surface area contributed by atoms with Gasteiger partial charge in [0, 0.05) is 40.8 Å². The van der Waals surface area contributed by atoms with Crippen LogP contribution in [-0.2, 0) is 16.4 Å². The third-order valence-electron chi connectivity index (χ3n) is 4.82. The van der Waals surface area contributed by atoms with Crippen LogP contribution in [0.5, 0.6) is 17.2 Å². The quantitative estimate of drug-likeness (QED) is 0.508. The summed E-state index contributed by atoms with van der Waals surface area (Å²) in [6.07, 6.45) is 0.330. The minimum absolute atomic E-state index is 0.0624. The van der Waals surface area contributed by atoms with E-state index in [0.717, 1.165) is 11.3 Å². The fourth-order valence-electron chi connectivity index (χ4n) is 3.47. The average Bonchev–Trinajstić information content (AvgIpc) is 3.01. The molecule has 0 spiro atoms. The zero-order valence-electron chi connectivity index (χ0n) is 16.4. The van der Waals surface area contributed by atoms with E-state index in [9.17, 15) is 17.2 Å². The van der Waals surface area contributed by atoms with Crippen molar-refractivity contribution in [2.24, 2.45) is 0 Å². The zero-order chi connectivity index (χ0) is 22.2. The molecule has 3 aromatic rings. The fraction of sp³-hybridized carbons (Fsp3) is 0.300. The largest absolute Gasteiger partial charge is 0.487 e. The molecule has 4 rings (SSSR count). The summed E-state index contributed by atoms with van der Waals surface area (Å²) in [6, 6.07) is 8.85. The average molecular weight is 473 g/mol. The molecule has 0 fully saturated rings. The van der Waals surface area contributed by atoms with E-state index < -0.39 is 15.6 Å². The summed E-state index contributed by atoms with van der Waals surface area (Å²) < 4.78 is 69.1. The highest BCUT2D eigenvalue weighted by Crippen LogP contribution is 2.33. The Morgan fingerprint density at radius 3 is 2.65 bits per heavy atom. The van der Waals surface area contributed by atoms with Gasteiger partial charge in [-0.25, -0.2) is 13.1 Å². The Morgan fingerprint density at radius 2 is 1.90 bits per heavy atom. The molecule has 166 valence electrons. The Morgan fingerprint density at radius 1 is 1.16 bits per heavy atom. The van der Waals surface area contributed by atoms with Crippen molar-refractivity contribution in [3.8, 4) is 17.2 Å². The monoisotopic (exact) mass is 472 g/mol. The van der Waals surface area contributed by atoms with Gasteiger partial charge in [0.15, 0.2) is 11.5 Å². The van der Waals surface area contributed by atoms with Crippen LogP contribution >= 0.6 is 11.6 Å². The van der Waals surface area contributed by atoms with Crippen molar-refractivity contribution in [3.63, 3.8) is 0 Å². The van der Waals surface area contributed by atoms with Crippen molar-refractivity contribution in [3.05, 3.63) is 47.7 Å². The van der Waals surface area contributed by atoms with Crippen LogP contribution in [0, 0.1) is 6.92 Å². The molecule has 0 aliphatic carbocycles. The van der Waals surface area contributed by atoms with Crippen molar-refractivity contribution in [2.45, 2.75) is 23.8 Å². The van der Waals surface area contributed by atoms with E-state index in [1.165, 1.54) is 24.3 Å². The highest BCUT2D eigenvalue weighted by atomic mass is 35.5. The number of ether oxygens (including phenoxy) is 3. The molecule has 2 N–H and O–H groups in total. The lowest BCUT2D eigenvalue weighted by atomic mass is 10.1. The van der Waals surface area contributed by atoms with E-state index >= 15 is 0 Å². The van der Waals surface area contributed by atoms with Crippen molar-refractivity contribution >= 4 is 32.5 Å². The van der Waals surface area contributed by atoms with Gasteiger partial charge < -0.3 is 19.2 Å². The first-order valence-electron chi connectivity index (χ1n) is 9.39. The maximum absolute atomic E-state index is 13.0. The lowest BCUT2D eigenvalue weighted by Crippen LogP contribution is -2.26. The molecule has 0 radical (unpaired) electrons. The van der Waals surface area contributed by atoms with Crippen molar-refractivity contribution < 1.29 is 31.4 Å². The Bertz CT molecular complexity index is 1220. The van der Waals surface area contributed by atoms with E-state index in [-0.39, 0.29) is 17.2 Å². The summed E-state index contributed by atoms with van der Waals surface area (Å²) in [7, 11) is -3.78. The Labute approximate surface area is 182 Å². The first kappa shape index (κ1) is 21.7. The van der Waals surface area contributed by atoms with E-state index in [1.54, 1.807) is 12.1 Å². The highest BCUT2D eigenvalue weighted by Gasteiger charge is 2.28. The number of rotatable bonds is 7. The smallest absolute Gasteiger partial charge is 0.486 e. The number of alkyl halides is 3. The summed E-state index contributed by atoms with van der Waals surface area (Å²) in [4.78, 5) is 3.21. The first-order chi connectivity index (χ1) is 14.6. The molecule has 2 heterocycles. The summed E-state index contributed by atoms with van der Waals surface area (Å²) in [6.45, 7) is 2.68. The zero-order valence-corrected chi connectivity index (χ0v) is 17.9. The standard InChI is InChI=1S/C20H19ClF2N2O5S/c1-12-15(16-10-13(30-20(21,22)23)2-4-17(16)25-12)6-7-24-31(26,27)14-3-5-18-19(11-14)29-9-8-28-18/h2-5,10-11,24-25H,6-9H2,1H3. The third kappa shape index (κ3) is 4.86. The summed E-state index contributed by atoms with van der Waals surface area (Å²) in [5, 5.41) is 0.648. The molecule has 2 aromatic carbocycles. The van der Waals surface area contributed by atoms with Gasteiger partial charge in [-0.05, 0) is 49.2 Å². The second kappa shape index (κ2) is 8.18. The number of halogens is 3. The highest BCUT2D eigenvalue weighted by molar-refractivity contribution is 7.89. The van der Waals surface area contributed by atoms with E-state index in [4.69, 9.17) is 21.1 Å². The van der Waals surface area contributed by atoms with Gasteiger partial charge >= 0.3 is 5.57 Å². The molecule has 1 aromatic heterocycles. The molecule has 1 aliphatic rings. The topological polar surface area (TPSA) is 89.7 Å². The first-order valence-corrected chi connectivity index (χ1v) is 11.2. The molecule has 7 nitrogen and oxygen atoms in total. The fourth-order valence-corrected chi connectivity index (χ4v) is 4.60. The number of benzene rings is 2. The Hall–Kier alpha value is -2.56. The van der Waals surface area contributed by atoms with Crippen LogP contribution in [0.15, 0.2) is 41.3 Å². The molecule has 0 amide bonds. The minimum Gasteiger partial charge on any atom is -0.486 e. The van der Waals surface area contributed by atoms with Gasteiger partial charge in [-0.1, -0.05) is 0 Å². The van der Waals surface area contributed by atoms with Gasteiger partial charge in [0.1, 0.15) is 19.0 Å². The second-order valence-corrected chi connectivity index (χ2v) is 9.14. The lowest BCUT2D eigenvalue weighted by molar-refractivity contribution is -0.0964. The van der Waals surface area contributed by atoms with Gasteiger partial charge in [-0.15, -0.1) is 8.78 Å². The molecular weight excluding hydrogens is 454 g/mol. The molecule has 0 saturated heterocycles. The molecule has 0 atom stereocenters. The van der Waals surface area contributed by atoms with Crippen LogP contribution in [0.4, 0.5) is 8.78 Å². The minimum atomic E-state index is -3.82. The number of H-pyrrole nitrogens is 1. The number of sulfonamides is 1. The van der Waals surface area contributed by atoms with Gasteiger partial charge in [0.05, 0.1) is 4.90 Å². The number of aryl methyl sites for hydroxylation is 1. The Kier molecular flexibility index (Phi) is 5.71. The predicted octanol–water partition coefficient (Wildman–Crippen LogP) is 3.94. The molecule has 0 unspecified atom stereocenters. The van der Waals surface area contributed by atoms with Gasteiger partial charge in [0.25, 0.3) is 0 Å². The number of aromatic nitrogens is 1. The van der Waals surface area contributed by atoms with Crippen molar-refractivity contribution in [1.29, 1.82) is 0 Å². The number of fused-ring (bicyclic) bond motifs is 2. The third-order valence-corrected chi connectivity index (χ3v) is 6.35. The van der Waals surface area contributed by atoms with Crippen LogP contribution < -0.4 is 18.9 Å². The second-order valence-electron chi connectivity index (χ2n) is 6.94. The van der Waals surface area contributed by atoms with E-state index in [2.05, 4.69) is 14.4 Å². The summed E-state index contributed by atoms with van der Waals surface area (Å²) in [5.74, 6) is 0.787. The molecule has 1 aliphatic heterocycles. The number of hydrogen-bond acceptors (Lipinski definition) is 5. The normalized spacial score (nSPS) is 14.1. The Balaban J connectivity index is 1.50. The van der Waals surface area contributed by atoms with E-state index in [1.807, 2.05) is 6.92 Å². The van der Waals surface area contributed by atoms with Gasteiger partial charge in [0.2, 0.25) is 10.0 Å². The number of aromatic amines is 1. The lowest BCUT2D eigenvalue weighted by Gasteiger charge is -2.19. The van der Waals surface area contributed by atoms with Gasteiger partial charge in [-0.2, -0.15) is 0 Å². The van der Waals surface area contributed by atoms with Crippen LogP contribution in [0.25, 0.3) is 10.9 Å². The number of hydrogen-bond donors (Lipinski definition) is 2. The maximum Gasteiger partial charge on any atom is 0.487 e.